The van der Waals surface area contributed by atoms with E-state index in [9.17, 15) is 4.79 Å². The Morgan fingerprint density at radius 2 is 1.75 bits per heavy atom. The van der Waals surface area contributed by atoms with Crippen LogP contribution in [0.5, 0.6) is 0 Å². The molecule has 1 amide bonds. The SMILES string of the molecule is O=C(NCCC1CN(C2CCOCC2)CCO1)C1CCCCCC1. The Labute approximate surface area is 146 Å². The number of hydrogen-bond acceptors (Lipinski definition) is 4. The average molecular weight is 338 g/mol. The van der Waals surface area contributed by atoms with Crippen molar-refractivity contribution in [2.24, 2.45) is 5.92 Å². The lowest BCUT2D eigenvalue weighted by atomic mass is 9.99. The number of nitrogens with zero attached hydrogens (tertiary/aromatic N) is 1. The molecule has 0 bridgehead atoms. The van der Waals surface area contributed by atoms with Gasteiger partial charge in [-0.05, 0) is 32.1 Å². The third kappa shape index (κ3) is 5.43. The molecule has 1 saturated carbocycles. The second-order valence-corrected chi connectivity index (χ2v) is 7.60. The third-order valence-electron chi connectivity index (χ3n) is 5.87. The van der Waals surface area contributed by atoms with E-state index in [1.807, 2.05) is 0 Å². The number of carbonyl (C=O) groups excluding carboxylic acids is 1. The van der Waals surface area contributed by atoms with Gasteiger partial charge in [0.1, 0.15) is 0 Å². The minimum absolute atomic E-state index is 0.249. The molecule has 1 unspecified atom stereocenters. The molecule has 0 aromatic heterocycles. The van der Waals surface area contributed by atoms with Gasteiger partial charge in [-0.2, -0.15) is 0 Å². The molecule has 1 atom stereocenters. The summed E-state index contributed by atoms with van der Waals surface area (Å²) in [5.41, 5.74) is 0. The molecule has 0 aromatic rings. The van der Waals surface area contributed by atoms with Gasteiger partial charge >= 0.3 is 0 Å². The summed E-state index contributed by atoms with van der Waals surface area (Å²) >= 11 is 0. The van der Waals surface area contributed by atoms with Crippen LogP contribution in [0, 0.1) is 5.92 Å². The maximum atomic E-state index is 12.3. The van der Waals surface area contributed by atoms with Gasteiger partial charge in [-0.25, -0.2) is 0 Å². The minimum Gasteiger partial charge on any atom is -0.381 e. The van der Waals surface area contributed by atoms with Gasteiger partial charge in [0.2, 0.25) is 5.91 Å². The summed E-state index contributed by atoms with van der Waals surface area (Å²) in [6, 6.07) is 0.658. The van der Waals surface area contributed by atoms with E-state index in [2.05, 4.69) is 10.2 Å². The molecule has 1 aliphatic carbocycles. The summed E-state index contributed by atoms with van der Waals surface area (Å²) in [4.78, 5) is 14.9. The quantitative estimate of drug-likeness (QED) is 0.782. The molecule has 3 aliphatic rings. The molecular weight excluding hydrogens is 304 g/mol. The minimum atomic E-state index is 0.249. The van der Waals surface area contributed by atoms with Crippen molar-refractivity contribution in [1.82, 2.24) is 10.2 Å². The predicted molar refractivity (Wildman–Crippen MR) is 94.0 cm³/mol. The molecule has 0 spiro atoms. The van der Waals surface area contributed by atoms with E-state index in [1.54, 1.807) is 0 Å². The van der Waals surface area contributed by atoms with Crippen molar-refractivity contribution in [1.29, 1.82) is 0 Å². The lowest BCUT2D eigenvalue weighted by molar-refractivity contribution is -0.125. The second-order valence-electron chi connectivity index (χ2n) is 7.60. The largest absolute Gasteiger partial charge is 0.381 e. The van der Waals surface area contributed by atoms with Gasteiger partial charge in [0, 0.05) is 44.8 Å². The lowest BCUT2D eigenvalue weighted by Gasteiger charge is -2.39. The molecule has 2 heterocycles. The van der Waals surface area contributed by atoms with Crippen molar-refractivity contribution in [3.8, 4) is 0 Å². The van der Waals surface area contributed by atoms with Crippen LogP contribution in [0.3, 0.4) is 0 Å². The fourth-order valence-corrected chi connectivity index (χ4v) is 4.34. The number of morpholine rings is 1. The lowest BCUT2D eigenvalue weighted by Crippen LogP contribution is -2.50. The summed E-state index contributed by atoms with van der Waals surface area (Å²) in [5, 5.41) is 3.16. The summed E-state index contributed by atoms with van der Waals surface area (Å²) in [7, 11) is 0. The highest BCUT2D eigenvalue weighted by Crippen LogP contribution is 2.23. The van der Waals surface area contributed by atoms with E-state index in [0.29, 0.717) is 6.04 Å². The maximum Gasteiger partial charge on any atom is 0.223 e. The maximum absolute atomic E-state index is 12.3. The summed E-state index contributed by atoms with van der Waals surface area (Å²) < 4.78 is 11.4. The van der Waals surface area contributed by atoms with Crippen LogP contribution in [0.2, 0.25) is 0 Å². The van der Waals surface area contributed by atoms with Crippen LogP contribution in [-0.2, 0) is 14.3 Å². The van der Waals surface area contributed by atoms with E-state index in [1.165, 1.54) is 25.7 Å². The Hall–Kier alpha value is -0.650. The van der Waals surface area contributed by atoms with Gasteiger partial charge in [0.05, 0.1) is 12.7 Å². The Bertz CT molecular complexity index is 377. The van der Waals surface area contributed by atoms with Crippen LogP contribution in [0.1, 0.15) is 57.8 Å². The fourth-order valence-electron chi connectivity index (χ4n) is 4.34. The van der Waals surface area contributed by atoms with Crippen LogP contribution >= 0.6 is 0 Å². The van der Waals surface area contributed by atoms with Crippen LogP contribution in [0.15, 0.2) is 0 Å². The first-order chi connectivity index (χ1) is 11.8. The molecule has 0 radical (unpaired) electrons. The van der Waals surface area contributed by atoms with Gasteiger partial charge < -0.3 is 14.8 Å². The topological polar surface area (TPSA) is 50.8 Å². The molecule has 138 valence electrons. The zero-order chi connectivity index (χ0) is 16.6. The molecule has 24 heavy (non-hydrogen) atoms. The van der Waals surface area contributed by atoms with Crippen molar-refractivity contribution in [3.05, 3.63) is 0 Å². The molecule has 1 N–H and O–H groups in total. The van der Waals surface area contributed by atoms with Crippen molar-refractivity contribution in [2.45, 2.75) is 69.9 Å². The molecule has 2 aliphatic heterocycles. The van der Waals surface area contributed by atoms with Crippen molar-refractivity contribution >= 4 is 5.91 Å². The van der Waals surface area contributed by atoms with Crippen molar-refractivity contribution in [2.75, 3.05) is 39.5 Å². The number of hydrogen-bond donors (Lipinski definition) is 1. The van der Waals surface area contributed by atoms with E-state index in [0.717, 1.165) is 71.6 Å². The van der Waals surface area contributed by atoms with E-state index >= 15 is 0 Å². The highest BCUT2D eigenvalue weighted by Gasteiger charge is 2.28. The van der Waals surface area contributed by atoms with Crippen LogP contribution in [0.4, 0.5) is 0 Å². The monoisotopic (exact) mass is 338 g/mol. The van der Waals surface area contributed by atoms with Crippen LogP contribution in [0.25, 0.3) is 0 Å². The standard InChI is InChI=1S/C19H34N2O3/c22-19(16-5-3-1-2-4-6-16)20-10-7-18-15-21(11-14-24-18)17-8-12-23-13-9-17/h16-18H,1-15H2,(H,20,22). The molecule has 5 nitrogen and oxygen atoms in total. The Morgan fingerprint density at radius 1 is 1.00 bits per heavy atom. The molecule has 3 rings (SSSR count). The van der Waals surface area contributed by atoms with Crippen LogP contribution in [-0.4, -0.2) is 62.4 Å². The molecular formula is C19H34N2O3. The molecule has 5 heteroatoms. The van der Waals surface area contributed by atoms with Gasteiger partial charge in [-0.15, -0.1) is 0 Å². The Kier molecular flexibility index (Phi) is 7.36. The first-order valence-corrected chi connectivity index (χ1v) is 10.0. The summed E-state index contributed by atoms with van der Waals surface area (Å²) in [6.45, 7) is 5.40. The highest BCUT2D eigenvalue weighted by atomic mass is 16.5. The van der Waals surface area contributed by atoms with Gasteiger partial charge in [-0.3, -0.25) is 9.69 Å². The number of nitrogens with one attached hydrogen (secondary N) is 1. The number of amides is 1. The zero-order valence-corrected chi connectivity index (χ0v) is 15.0. The van der Waals surface area contributed by atoms with Crippen molar-refractivity contribution in [3.63, 3.8) is 0 Å². The number of carbonyl (C=O) groups is 1. The zero-order valence-electron chi connectivity index (χ0n) is 15.0. The van der Waals surface area contributed by atoms with E-state index in [-0.39, 0.29) is 17.9 Å². The molecule has 2 saturated heterocycles. The molecule has 0 aromatic carbocycles. The third-order valence-corrected chi connectivity index (χ3v) is 5.87. The molecule has 3 fully saturated rings. The highest BCUT2D eigenvalue weighted by molar-refractivity contribution is 5.78. The first-order valence-electron chi connectivity index (χ1n) is 10.0. The smallest absolute Gasteiger partial charge is 0.223 e. The second kappa shape index (κ2) is 9.73. The number of ether oxygens (including phenoxy) is 2. The Morgan fingerprint density at radius 3 is 2.50 bits per heavy atom. The van der Waals surface area contributed by atoms with Crippen molar-refractivity contribution < 1.29 is 14.3 Å². The van der Waals surface area contributed by atoms with Crippen LogP contribution < -0.4 is 5.32 Å². The Balaban J connectivity index is 1.35. The average Bonchev–Trinajstić information content (AvgIpc) is 2.92. The van der Waals surface area contributed by atoms with Gasteiger partial charge in [-0.1, -0.05) is 25.7 Å². The van der Waals surface area contributed by atoms with Gasteiger partial charge in [0.25, 0.3) is 0 Å². The van der Waals surface area contributed by atoms with E-state index in [4.69, 9.17) is 9.47 Å². The first kappa shape index (κ1) is 18.2. The predicted octanol–water partition coefficient (Wildman–Crippen LogP) is 2.34. The summed E-state index contributed by atoms with van der Waals surface area (Å²) in [5.74, 6) is 0.521. The number of rotatable bonds is 5. The summed E-state index contributed by atoms with van der Waals surface area (Å²) in [6.07, 6.45) is 10.6. The normalized spacial score (nSPS) is 28.4. The van der Waals surface area contributed by atoms with Gasteiger partial charge in [0.15, 0.2) is 0 Å². The fraction of sp³-hybridized carbons (Fsp3) is 0.947. The van der Waals surface area contributed by atoms with E-state index < -0.39 is 0 Å².